The molecular formula is C14H14F2N2S. The van der Waals surface area contributed by atoms with Gasteiger partial charge in [0, 0.05) is 16.7 Å². The summed E-state index contributed by atoms with van der Waals surface area (Å²) in [4.78, 5) is 7.38. The van der Waals surface area contributed by atoms with Crippen LogP contribution in [0, 0.1) is 16.3 Å². The van der Waals surface area contributed by atoms with Crippen molar-refractivity contribution in [2.24, 2.45) is 0 Å². The molecule has 0 saturated carbocycles. The van der Waals surface area contributed by atoms with Crippen molar-refractivity contribution in [1.82, 2.24) is 9.97 Å². The first-order valence-electron chi connectivity index (χ1n) is 5.84. The summed E-state index contributed by atoms with van der Waals surface area (Å²) in [7, 11) is 0. The summed E-state index contributed by atoms with van der Waals surface area (Å²) < 4.78 is 26.6. The molecule has 0 spiro atoms. The maximum absolute atomic E-state index is 13.3. The smallest absolute Gasteiger partial charge is 0.159 e. The van der Waals surface area contributed by atoms with Crippen LogP contribution in [0.4, 0.5) is 8.78 Å². The number of halogens is 2. The van der Waals surface area contributed by atoms with E-state index >= 15 is 0 Å². The number of benzene rings is 1. The van der Waals surface area contributed by atoms with E-state index in [9.17, 15) is 8.78 Å². The van der Waals surface area contributed by atoms with E-state index in [1.807, 2.05) is 20.8 Å². The van der Waals surface area contributed by atoms with E-state index in [1.165, 1.54) is 6.07 Å². The van der Waals surface area contributed by atoms with Crippen molar-refractivity contribution < 1.29 is 8.78 Å². The molecule has 2 rings (SSSR count). The Labute approximate surface area is 115 Å². The number of nitrogens with one attached hydrogen (secondary N) is 1. The van der Waals surface area contributed by atoms with Gasteiger partial charge >= 0.3 is 0 Å². The van der Waals surface area contributed by atoms with Crippen LogP contribution in [0.2, 0.25) is 0 Å². The topological polar surface area (TPSA) is 28.7 Å². The summed E-state index contributed by atoms with van der Waals surface area (Å²) in [6.45, 7) is 5.99. The van der Waals surface area contributed by atoms with Crippen LogP contribution in [0.5, 0.6) is 0 Å². The lowest BCUT2D eigenvalue weighted by molar-refractivity contribution is 0.509. The molecule has 19 heavy (non-hydrogen) atoms. The fourth-order valence-electron chi connectivity index (χ4n) is 1.63. The minimum absolute atomic E-state index is 0.206. The van der Waals surface area contributed by atoms with Crippen molar-refractivity contribution >= 4 is 12.2 Å². The monoisotopic (exact) mass is 280 g/mol. The maximum atomic E-state index is 13.3. The molecule has 0 aliphatic carbocycles. The Hall–Kier alpha value is -1.62. The molecule has 0 aliphatic heterocycles. The normalized spacial score (nSPS) is 11.6. The van der Waals surface area contributed by atoms with Gasteiger partial charge in [-0.15, -0.1) is 0 Å². The van der Waals surface area contributed by atoms with Crippen LogP contribution in [0.1, 0.15) is 26.6 Å². The molecule has 1 aromatic carbocycles. The molecule has 1 aromatic heterocycles. The summed E-state index contributed by atoms with van der Waals surface area (Å²) in [6, 6.07) is 5.38. The highest BCUT2D eigenvalue weighted by molar-refractivity contribution is 7.71. The Morgan fingerprint density at radius 3 is 2.37 bits per heavy atom. The van der Waals surface area contributed by atoms with Gasteiger partial charge < -0.3 is 4.98 Å². The number of nitrogens with zero attached hydrogens (tertiary/aromatic N) is 1. The van der Waals surface area contributed by atoms with Crippen LogP contribution < -0.4 is 0 Å². The Morgan fingerprint density at radius 1 is 1.11 bits per heavy atom. The number of hydrogen-bond donors (Lipinski definition) is 1. The third-order valence-electron chi connectivity index (χ3n) is 2.68. The number of hydrogen-bond acceptors (Lipinski definition) is 2. The fraction of sp³-hybridized carbons (Fsp3) is 0.286. The zero-order valence-electron chi connectivity index (χ0n) is 10.9. The second-order valence-corrected chi connectivity index (χ2v) is 5.78. The highest BCUT2D eigenvalue weighted by atomic mass is 32.1. The van der Waals surface area contributed by atoms with E-state index in [0.717, 1.165) is 12.1 Å². The summed E-state index contributed by atoms with van der Waals surface area (Å²) in [5, 5.41) is 0. The molecule has 1 N–H and O–H groups in total. The summed E-state index contributed by atoms with van der Waals surface area (Å²) in [6.07, 6.45) is 0. The van der Waals surface area contributed by atoms with E-state index in [2.05, 4.69) is 9.97 Å². The molecule has 100 valence electrons. The first-order chi connectivity index (χ1) is 8.77. The second-order valence-electron chi connectivity index (χ2n) is 5.36. The lowest BCUT2D eigenvalue weighted by Gasteiger charge is -2.18. The Kier molecular flexibility index (Phi) is 3.49. The van der Waals surface area contributed by atoms with E-state index in [4.69, 9.17) is 12.2 Å². The molecule has 2 nitrogen and oxygen atoms in total. The molecule has 0 fully saturated rings. The third kappa shape index (κ3) is 3.04. The molecule has 0 radical (unpaired) electrons. The average molecular weight is 280 g/mol. The van der Waals surface area contributed by atoms with Gasteiger partial charge in [-0.25, -0.2) is 13.8 Å². The van der Waals surface area contributed by atoms with Gasteiger partial charge in [0.05, 0.1) is 0 Å². The number of aromatic amines is 1. The van der Waals surface area contributed by atoms with Gasteiger partial charge in [0.1, 0.15) is 10.5 Å². The van der Waals surface area contributed by atoms with Gasteiger partial charge in [0.2, 0.25) is 0 Å². The van der Waals surface area contributed by atoms with E-state index < -0.39 is 11.6 Å². The van der Waals surface area contributed by atoms with Gasteiger partial charge in [0.15, 0.2) is 11.6 Å². The van der Waals surface area contributed by atoms with Crippen LogP contribution >= 0.6 is 12.2 Å². The Bertz CT molecular complexity index is 672. The molecule has 5 heteroatoms. The van der Waals surface area contributed by atoms with Gasteiger partial charge in [-0.2, -0.15) is 0 Å². The van der Waals surface area contributed by atoms with Crippen LogP contribution in [-0.2, 0) is 5.41 Å². The zero-order valence-corrected chi connectivity index (χ0v) is 11.7. The summed E-state index contributed by atoms with van der Waals surface area (Å²) >= 11 is 5.12. The molecule has 0 unspecified atom stereocenters. The van der Waals surface area contributed by atoms with Gasteiger partial charge in [0.25, 0.3) is 0 Å². The standard InChI is InChI=1S/C14H14F2N2S/c1-14(2,3)13-17-11(7-12(19)18-13)8-4-5-9(15)10(16)6-8/h4-7H,1-3H3,(H,17,18,19). The molecule has 0 amide bonds. The fourth-order valence-corrected chi connectivity index (χ4v) is 1.84. The number of H-pyrrole nitrogens is 1. The van der Waals surface area contributed by atoms with Crippen LogP contribution in [0.15, 0.2) is 24.3 Å². The molecular weight excluding hydrogens is 266 g/mol. The molecule has 0 saturated heterocycles. The van der Waals surface area contributed by atoms with Gasteiger partial charge in [-0.3, -0.25) is 0 Å². The molecule has 0 bridgehead atoms. The highest BCUT2D eigenvalue weighted by Crippen LogP contribution is 2.24. The minimum atomic E-state index is -0.883. The van der Waals surface area contributed by atoms with Crippen molar-refractivity contribution in [3.05, 3.63) is 46.4 Å². The van der Waals surface area contributed by atoms with Crippen molar-refractivity contribution in [2.75, 3.05) is 0 Å². The number of aromatic nitrogens is 2. The van der Waals surface area contributed by atoms with Crippen LogP contribution in [0.3, 0.4) is 0 Å². The highest BCUT2D eigenvalue weighted by Gasteiger charge is 2.17. The second kappa shape index (κ2) is 4.81. The first kappa shape index (κ1) is 13.8. The van der Waals surface area contributed by atoms with Crippen LogP contribution in [0.25, 0.3) is 11.3 Å². The van der Waals surface area contributed by atoms with Crippen molar-refractivity contribution in [3.8, 4) is 11.3 Å². The van der Waals surface area contributed by atoms with Crippen molar-refractivity contribution in [3.63, 3.8) is 0 Å². The van der Waals surface area contributed by atoms with E-state index in [1.54, 1.807) is 6.07 Å². The molecule has 0 atom stereocenters. The Morgan fingerprint density at radius 2 is 1.79 bits per heavy atom. The van der Waals surface area contributed by atoms with Gasteiger partial charge in [-0.1, -0.05) is 33.0 Å². The van der Waals surface area contributed by atoms with E-state index in [-0.39, 0.29) is 5.41 Å². The lowest BCUT2D eigenvalue weighted by atomic mass is 9.95. The van der Waals surface area contributed by atoms with E-state index in [0.29, 0.717) is 21.7 Å². The quantitative estimate of drug-likeness (QED) is 0.785. The van der Waals surface area contributed by atoms with Crippen molar-refractivity contribution in [1.29, 1.82) is 0 Å². The molecule has 0 aliphatic rings. The molecule has 2 aromatic rings. The third-order valence-corrected chi connectivity index (χ3v) is 2.89. The van der Waals surface area contributed by atoms with Crippen molar-refractivity contribution in [2.45, 2.75) is 26.2 Å². The first-order valence-corrected chi connectivity index (χ1v) is 6.25. The predicted octanol–water partition coefficient (Wildman–Crippen LogP) is 4.38. The van der Waals surface area contributed by atoms with Crippen LogP contribution in [-0.4, -0.2) is 9.97 Å². The van der Waals surface area contributed by atoms with Gasteiger partial charge in [-0.05, 0) is 24.3 Å². The minimum Gasteiger partial charge on any atom is -0.343 e. The zero-order chi connectivity index (χ0) is 14.2. The maximum Gasteiger partial charge on any atom is 0.159 e. The molecule has 1 heterocycles. The largest absolute Gasteiger partial charge is 0.343 e. The average Bonchev–Trinajstić information content (AvgIpc) is 2.31. The SMILES string of the molecule is CC(C)(C)c1nc(=S)cc(-c2ccc(F)c(F)c2)[nH]1. The summed E-state index contributed by atoms with van der Waals surface area (Å²) in [5.41, 5.74) is 0.962. The Balaban J connectivity index is 2.59. The summed E-state index contributed by atoms with van der Waals surface area (Å²) in [5.74, 6) is -1.04. The number of rotatable bonds is 1. The lowest BCUT2D eigenvalue weighted by Crippen LogP contribution is -2.16. The predicted molar refractivity (Wildman–Crippen MR) is 73.5 cm³/mol.